The summed E-state index contributed by atoms with van der Waals surface area (Å²) in [5.41, 5.74) is 12.4. The predicted octanol–water partition coefficient (Wildman–Crippen LogP) is -5.65. The molecular formula is C25H40N4O13S. The zero-order valence-corrected chi connectivity index (χ0v) is 23.7. The van der Waals surface area contributed by atoms with Gasteiger partial charge in [0.15, 0.2) is 24.0 Å². The summed E-state index contributed by atoms with van der Waals surface area (Å²) in [5, 5.41) is 88.2. The van der Waals surface area contributed by atoms with Gasteiger partial charge in [-0.15, -0.1) is 0 Å². The molecule has 0 amide bonds. The summed E-state index contributed by atoms with van der Waals surface area (Å²) in [6, 6.07) is 4.86. The fraction of sp³-hybridized carbons (Fsp3) is 0.720. The molecule has 3 aliphatic heterocycles. The second-order valence-corrected chi connectivity index (χ2v) is 10.9. The highest BCUT2D eigenvalue weighted by Crippen LogP contribution is 2.32. The normalized spacial score (nSPS) is 43.6. The number of thiocarbonyl (C=S) groups is 1. The van der Waals surface area contributed by atoms with Crippen molar-refractivity contribution in [2.75, 3.05) is 25.1 Å². The maximum atomic E-state index is 11.6. The number of para-hydroxylation sites is 1. The van der Waals surface area contributed by atoms with E-state index in [1.54, 1.807) is 30.3 Å². The summed E-state index contributed by atoms with van der Waals surface area (Å²) in [4.78, 5) is 0. The second kappa shape index (κ2) is 15.1. The summed E-state index contributed by atoms with van der Waals surface area (Å²) in [6.07, 6.45) is -17.4. The van der Waals surface area contributed by atoms with Crippen molar-refractivity contribution in [3.05, 3.63) is 30.3 Å². The van der Waals surface area contributed by atoms with E-state index in [1.807, 2.05) is 0 Å². The lowest BCUT2D eigenvalue weighted by Crippen LogP contribution is -2.70. The van der Waals surface area contributed by atoms with Crippen LogP contribution in [0.4, 0.5) is 5.69 Å². The van der Waals surface area contributed by atoms with Gasteiger partial charge in [-0.25, -0.2) is 0 Å². The molecule has 15 atom stereocenters. The van der Waals surface area contributed by atoms with Crippen LogP contribution in [0.2, 0.25) is 0 Å². The summed E-state index contributed by atoms with van der Waals surface area (Å²) in [6.45, 7) is -2.09. The number of hydrogen-bond acceptors (Lipinski definition) is 16. The van der Waals surface area contributed by atoms with Gasteiger partial charge in [-0.1, -0.05) is 18.2 Å². The molecule has 3 fully saturated rings. The number of anilines is 1. The van der Waals surface area contributed by atoms with Gasteiger partial charge in [-0.3, -0.25) is 0 Å². The molecule has 2 unspecified atom stereocenters. The molecule has 244 valence electrons. The van der Waals surface area contributed by atoms with Crippen LogP contribution >= 0.6 is 12.2 Å². The smallest absolute Gasteiger partial charge is 0.181 e. The van der Waals surface area contributed by atoms with E-state index >= 15 is 0 Å². The van der Waals surface area contributed by atoms with Crippen molar-refractivity contribution in [3.8, 4) is 0 Å². The van der Waals surface area contributed by atoms with Crippen LogP contribution in [0, 0.1) is 0 Å². The topological polar surface area (TPSA) is 284 Å². The number of nitrogens with two attached hydrogens (primary N) is 2. The Balaban J connectivity index is 1.59. The van der Waals surface area contributed by atoms with E-state index in [2.05, 4.69) is 10.6 Å². The van der Waals surface area contributed by atoms with Gasteiger partial charge < -0.3 is 86.6 Å². The number of nitrogens with one attached hydrogen (secondary N) is 2. The van der Waals surface area contributed by atoms with E-state index in [4.69, 9.17) is 47.4 Å². The van der Waals surface area contributed by atoms with Gasteiger partial charge in [0.05, 0.1) is 31.9 Å². The first-order valence-corrected chi connectivity index (χ1v) is 14.0. The van der Waals surface area contributed by atoms with Gasteiger partial charge in [-0.2, -0.15) is 0 Å². The zero-order chi connectivity index (χ0) is 31.4. The Kier molecular flexibility index (Phi) is 12.0. The number of ether oxygens (including phenoxy) is 5. The van der Waals surface area contributed by atoms with E-state index in [0.29, 0.717) is 5.69 Å². The van der Waals surface area contributed by atoms with Crippen molar-refractivity contribution in [1.82, 2.24) is 5.32 Å². The third-order valence-electron chi connectivity index (χ3n) is 7.61. The lowest BCUT2D eigenvalue weighted by Gasteiger charge is -2.49. The average molecular weight is 637 g/mol. The van der Waals surface area contributed by atoms with Crippen molar-refractivity contribution < 1.29 is 64.5 Å². The van der Waals surface area contributed by atoms with E-state index < -0.39 is 112 Å². The molecule has 0 radical (unpaired) electrons. The third kappa shape index (κ3) is 7.59. The fourth-order valence-electron chi connectivity index (χ4n) is 5.15. The van der Waals surface area contributed by atoms with Gasteiger partial charge in [0.25, 0.3) is 0 Å². The van der Waals surface area contributed by atoms with Gasteiger partial charge in [0, 0.05) is 5.69 Å². The fourth-order valence-corrected chi connectivity index (χ4v) is 5.40. The van der Waals surface area contributed by atoms with Crippen molar-refractivity contribution in [2.45, 2.75) is 91.9 Å². The Hall–Kier alpha value is -1.69. The molecule has 1 aromatic carbocycles. The largest absolute Gasteiger partial charge is 0.394 e. The van der Waals surface area contributed by atoms with Crippen LogP contribution in [0.15, 0.2) is 30.3 Å². The Morgan fingerprint density at radius 1 is 0.721 bits per heavy atom. The molecule has 3 heterocycles. The van der Waals surface area contributed by atoms with Crippen LogP contribution in [-0.2, 0) is 23.7 Å². The van der Waals surface area contributed by atoms with E-state index in [9.17, 15) is 40.9 Å². The summed E-state index contributed by atoms with van der Waals surface area (Å²) in [7, 11) is 0. The molecule has 3 saturated heterocycles. The minimum absolute atomic E-state index is 0.00410. The zero-order valence-electron chi connectivity index (χ0n) is 22.9. The Morgan fingerprint density at radius 3 is 1.91 bits per heavy atom. The summed E-state index contributed by atoms with van der Waals surface area (Å²) >= 11 is 5.43. The summed E-state index contributed by atoms with van der Waals surface area (Å²) < 4.78 is 28.6. The van der Waals surface area contributed by atoms with Crippen LogP contribution in [0.25, 0.3) is 0 Å². The third-order valence-corrected chi connectivity index (χ3v) is 7.83. The second-order valence-electron chi connectivity index (χ2n) is 10.5. The van der Waals surface area contributed by atoms with Gasteiger partial charge in [0.2, 0.25) is 0 Å². The highest BCUT2D eigenvalue weighted by atomic mass is 32.1. The van der Waals surface area contributed by atoms with Crippen molar-refractivity contribution in [3.63, 3.8) is 0 Å². The molecule has 0 saturated carbocycles. The quantitative estimate of drug-likeness (QED) is 0.112. The molecule has 1 aromatic rings. The molecule has 3 aliphatic rings. The highest BCUT2D eigenvalue weighted by molar-refractivity contribution is 7.80. The van der Waals surface area contributed by atoms with E-state index in [1.165, 1.54) is 0 Å². The lowest BCUT2D eigenvalue weighted by atomic mass is 9.94. The van der Waals surface area contributed by atoms with Gasteiger partial charge in [-0.05, 0) is 24.4 Å². The highest BCUT2D eigenvalue weighted by Gasteiger charge is 2.53. The standard InChI is InChI=1S/C25H40N4O13S/c26-13-18(35)20(11(7-31)38-22(13)37)42-24-15(29-25(43)28-9-4-2-1-3-5-9)19(36)21(12(8-32)40-24)41-23-14(27)17(34)16(33)10(6-30)39-23/h1-5,10-24,30-37H,6-8,26-27H2,(H2,28,29,43)/t10-,11-,12-,13-,14-,15-,16-,17-,18-,19-,20?,21?,22-,23+,24+/m1/s1. The SMILES string of the molecule is N[C@H]1[C@H](OC2[C@@H](CO)O[C@@H](OC3[C@@H](CO)O[C@@H](O)[C@H](N)[C@H]3O)[C@H](NC(=S)Nc3ccccc3)[C@H]2O)O[C@H](CO)[C@@H](O)[C@@H]1O. The molecular weight excluding hydrogens is 596 g/mol. The molecule has 0 aliphatic carbocycles. The summed E-state index contributed by atoms with van der Waals surface area (Å²) in [5.74, 6) is 0. The predicted molar refractivity (Wildman–Crippen MR) is 149 cm³/mol. The number of aliphatic hydroxyl groups is 8. The van der Waals surface area contributed by atoms with E-state index in [0.717, 1.165) is 0 Å². The number of benzene rings is 1. The molecule has 0 spiro atoms. The Bertz CT molecular complexity index is 1030. The Morgan fingerprint density at radius 2 is 1.28 bits per heavy atom. The lowest BCUT2D eigenvalue weighted by molar-refractivity contribution is -0.349. The molecule has 18 heteroatoms. The first-order chi connectivity index (χ1) is 20.5. The average Bonchev–Trinajstić information content (AvgIpc) is 3.00. The minimum atomic E-state index is -1.62. The van der Waals surface area contributed by atoms with Gasteiger partial charge >= 0.3 is 0 Å². The van der Waals surface area contributed by atoms with Crippen LogP contribution in [0.1, 0.15) is 0 Å². The van der Waals surface area contributed by atoms with Crippen LogP contribution in [0.5, 0.6) is 0 Å². The first-order valence-electron chi connectivity index (χ1n) is 13.6. The first kappa shape index (κ1) is 34.2. The molecule has 14 N–H and O–H groups in total. The minimum Gasteiger partial charge on any atom is -0.394 e. The molecule has 17 nitrogen and oxygen atoms in total. The van der Waals surface area contributed by atoms with Gasteiger partial charge in [0.1, 0.15) is 61.0 Å². The number of aliphatic hydroxyl groups excluding tert-OH is 8. The van der Waals surface area contributed by atoms with Crippen molar-refractivity contribution in [1.29, 1.82) is 0 Å². The maximum absolute atomic E-state index is 11.6. The van der Waals surface area contributed by atoms with Crippen molar-refractivity contribution >= 4 is 23.0 Å². The molecule has 0 aromatic heterocycles. The van der Waals surface area contributed by atoms with Crippen LogP contribution in [-0.4, -0.2) is 158 Å². The molecule has 4 rings (SSSR count). The maximum Gasteiger partial charge on any atom is 0.181 e. The number of hydrogen-bond donors (Lipinski definition) is 12. The number of rotatable bonds is 9. The van der Waals surface area contributed by atoms with Crippen molar-refractivity contribution in [2.24, 2.45) is 11.5 Å². The molecule has 0 bridgehead atoms. The van der Waals surface area contributed by atoms with Crippen LogP contribution in [0.3, 0.4) is 0 Å². The monoisotopic (exact) mass is 636 g/mol. The van der Waals surface area contributed by atoms with Crippen LogP contribution < -0.4 is 22.1 Å². The van der Waals surface area contributed by atoms with E-state index in [-0.39, 0.29) is 5.11 Å². The Labute approximate surface area is 251 Å². The molecule has 43 heavy (non-hydrogen) atoms.